The molecule has 34 heavy (non-hydrogen) atoms. The molecule has 178 valence electrons. The van der Waals surface area contributed by atoms with Gasteiger partial charge in [-0.25, -0.2) is 0 Å². The molecule has 0 unspecified atom stereocenters. The number of hydrogen-bond acceptors (Lipinski definition) is 6. The minimum atomic E-state index is -0.493. The second-order valence-corrected chi connectivity index (χ2v) is 9.77. The van der Waals surface area contributed by atoms with E-state index in [-0.39, 0.29) is 12.1 Å². The van der Waals surface area contributed by atoms with E-state index < -0.39 is 5.60 Å². The van der Waals surface area contributed by atoms with Crippen LogP contribution in [0.25, 0.3) is 33.7 Å². The first kappa shape index (κ1) is 23.8. The van der Waals surface area contributed by atoms with Gasteiger partial charge < -0.3 is 19.0 Å². The predicted molar refractivity (Wildman–Crippen MR) is 132 cm³/mol. The smallest absolute Gasteiger partial charge is 0.306 e. The van der Waals surface area contributed by atoms with Gasteiger partial charge in [-0.15, -0.1) is 0 Å². The quantitative estimate of drug-likeness (QED) is 0.299. The molecule has 0 bridgehead atoms. The number of aromatic amines is 1. The van der Waals surface area contributed by atoms with Gasteiger partial charge in [0.15, 0.2) is 0 Å². The number of benzene rings is 2. The summed E-state index contributed by atoms with van der Waals surface area (Å²) in [5.74, 6) is 1.21. The molecule has 0 saturated heterocycles. The van der Waals surface area contributed by atoms with Gasteiger partial charge in [0, 0.05) is 29.1 Å². The van der Waals surface area contributed by atoms with E-state index in [2.05, 4.69) is 15.1 Å². The summed E-state index contributed by atoms with van der Waals surface area (Å²) in [7, 11) is 0. The lowest BCUT2D eigenvalue weighted by molar-refractivity contribution is -0.154. The fourth-order valence-corrected chi connectivity index (χ4v) is 3.89. The number of esters is 1. The van der Waals surface area contributed by atoms with Crippen LogP contribution in [-0.4, -0.2) is 32.8 Å². The predicted octanol–water partition coefficient (Wildman–Crippen LogP) is 6.60. The lowest BCUT2D eigenvalue weighted by Gasteiger charge is -2.19. The van der Waals surface area contributed by atoms with Crippen molar-refractivity contribution in [3.05, 3.63) is 53.2 Å². The maximum atomic E-state index is 12.1. The molecule has 0 aliphatic carbocycles. The van der Waals surface area contributed by atoms with Crippen molar-refractivity contribution in [3.63, 3.8) is 0 Å². The normalized spacial score (nSPS) is 11.9. The second kappa shape index (κ2) is 9.50. The average molecular weight is 482 g/mol. The maximum Gasteiger partial charge on any atom is 0.306 e. The van der Waals surface area contributed by atoms with Gasteiger partial charge in [-0.3, -0.25) is 4.79 Å². The number of carbonyl (C=O) groups is 1. The van der Waals surface area contributed by atoms with Crippen molar-refractivity contribution in [2.75, 3.05) is 0 Å². The first-order valence-electron chi connectivity index (χ1n) is 11.2. The highest BCUT2D eigenvalue weighted by molar-refractivity contribution is 6.32. The molecule has 7 nitrogen and oxygen atoms in total. The van der Waals surface area contributed by atoms with E-state index in [0.29, 0.717) is 40.9 Å². The Balaban J connectivity index is 1.56. The van der Waals surface area contributed by atoms with E-state index in [4.69, 9.17) is 25.6 Å². The number of hydrogen-bond donors (Lipinski definition) is 1. The molecular weight excluding hydrogens is 454 g/mol. The van der Waals surface area contributed by atoms with Gasteiger partial charge in [0.25, 0.3) is 5.89 Å². The molecule has 2 aromatic carbocycles. The topological polar surface area (TPSA) is 90.2 Å². The molecule has 4 rings (SSSR count). The van der Waals surface area contributed by atoms with Crippen molar-refractivity contribution in [2.45, 2.75) is 59.2 Å². The third kappa shape index (κ3) is 5.42. The molecule has 0 fully saturated rings. The number of halogens is 1. The summed E-state index contributed by atoms with van der Waals surface area (Å²) < 4.78 is 16.6. The van der Waals surface area contributed by atoms with E-state index in [1.165, 1.54) is 0 Å². The Morgan fingerprint density at radius 2 is 2.00 bits per heavy atom. The third-order valence-corrected chi connectivity index (χ3v) is 5.32. The Kier molecular flexibility index (Phi) is 6.66. The second-order valence-electron chi connectivity index (χ2n) is 9.36. The minimum Gasteiger partial charge on any atom is -0.489 e. The standard InChI is InChI=1S/C26H28ClN3O4/c1-15(2)32-21-11-9-16(13-20(21)27)25-29-24(30-34-25)19-8-6-7-18-17(14-28-23(18)19)10-12-22(31)33-26(3,4)5/h6-9,11,13-15,28H,10,12H2,1-5H3. The van der Waals surface area contributed by atoms with Crippen molar-refractivity contribution in [1.82, 2.24) is 15.1 Å². The third-order valence-electron chi connectivity index (χ3n) is 5.03. The average Bonchev–Trinajstić information content (AvgIpc) is 3.39. The van der Waals surface area contributed by atoms with Crippen LogP contribution < -0.4 is 4.74 Å². The van der Waals surface area contributed by atoms with E-state index in [1.54, 1.807) is 12.1 Å². The number of H-pyrrole nitrogens is 1. The molecule has 8 heteroatoms. The fourth-order valence-electron chi connectivity index (χ4n) is 3.67. The van der Waals surface area contributed by atoms with Crippen LogP contribution in [0.2, 0.25) is 5.02 Å². The number of fused-ring (bicyclic) bond motifs is 1. The van der Waals surface area contributed by atoms with Crippen molar-refractivity contribution in [1.29, 1.82) is 0 Å². The van der Waals surface area contributed by atoms with Crippen LogP contribution in [-0.2, 0) is 16.0 Å². The number of aryl methyl sites for hydroxylation is 1. The van der Waals surface area contributed by atoms with Gasteiger partial charge in [0.2, 0.25) is 5.82 Å². The number of nitrogens with zero attached hydrogens (tertiary/aromatic N) is 2. The number of rotatable bonds is 7. The fraction of sp³-hybridized carbons (Fsp3) is 0.346. The summed E-state index contributed by atoms with van der Waals surface area (Å²) in [4.78, 5) is 20.0. The number of carbonyl (C=O) groups excluding carboxylic acids is 1. The minimum absolute atomic E-state index is 0.0219. The maximum absolute atomic E-state index is 12.1. The molecule has 2 aromatic heterocycles. The van der Waals surface area contributed by atoms with Gasteiger partial charge in [-0.1, -0.05) is 28.9 Å². The van der Waals surface area contributed by atoms with Crippen LogP contribution in [0, 0.1) is 0 Å². The van der Waals surface area contributed by atoms with Gasteiger partial charge in [0.05, 0.1) is 16.6 Å². The van der Waals surface area contributed by atoms with Crippen LogP contribution in [0.4, 0.5) is 0 Å². The zero-order chi connectivity index (χ0) is 24.5. The summed E-state index contributed by atoms with van der Waals surface area (Å²) in [6.07, 6.45) is 2.80. The molecule has 0 amide bonds. The monoisotopic (exact) mass is 481 g/mol. The highest BCUT2D eigenvalue weighted by Gasteiger charge is 2.19. The number of para-hydroxylation sites is 1. The largest absolute Gasteiger partial charge is 0.489 e. The SMILES string of the molecule is CC(C)Oc1ccc(-c2nc(-c3cccc4c(CCC(=O)OC(C)(C)C)c[nH]c34)no2)cc1Cl. The molecular formula is C26H28ClN3O4. The van der Waals surface area contributed by atoms with E-state index in [0.717, 1.165) is 22.0 Å². The highest BCUT2D eigenvalue weighted by atomic mass is 35.5. The van der Waals surface area contributed by atoms with E-state index in [1.807, 2.05) is 65.1 Å². The molecule has 1 N–H and O–H groups in total. The molecule has 4 aromatic rings. The summed E-state index contributed by atoms with van der Waals surface area (Å²) in [5.41, 5.74) is 2.93. The van der Waals surface area contributed by atoms with Gasteiger partial charge in [0.1, 0.15) is 11.4 Å². The Labute approximate surface area is 203 Å². The zero-order valence-corrected chi connectivity index (χ0v) is 20.7. The molecule has 0 spiro atoms. The van der Waals surface area contributed by atoms with Gasteiger partial charge >= 0.3 is 5.97 Å². The highest BCUT2D eigenvalue weighted by Crippen LogP contribution is 2.33. The van der Waals surface area contributed by atoms with Crippen molar-refractivity contribution >= 4 is 28.5 Å². The van der Waals surface area contributed by atoms with Crippen LogP contribution in [0.15, 0.2) is 47.1 Å². The van der Waals surface area contributed by atoms with Crippen molar-refractivity contribution < 1.29 is 18.8 Å². The number of aromatic nitrogens is 3. The Morgan fingerprint density at radius 1 is 1.21 bits per heavy atom. The first-order chi connectivity index (χ1) is 16.1. The van der Waals surface area contributed by atoms with E-state index >= 15 is 0 Å². The van der Waals surface area contributed by atoms with Crippen molar-refractivity contribution in [2.24, 2.45) is 0 Å². The van der Waals surface area contributed by atoms with Gasteiger partial charge in [-0.2, -0.15) is 4.98 Å². The van der Waals surface area contributed by atoms with Crippen LogP contribution in [0.1, 0.15) is 46.6 Å². The Hall–Kier alpha value is -3.32. The van der Waals surface area contributed by atoms with Crippen LogP contribution in [0.3, 0.4) is 0 Å². The molecule has 2 heterocycles. The van der Waals surface area contributed by atoms with Gasteiger partial charge in [-0.05, 0) is 70.9 Å². The zero-order valence-electron chi connectivity index (χ0n) is 19.9. The van der Waals surface area contributed by atoms with Crippen LogP contribution in [0.5, 0.6) is 5.75 Å². The molecule has 0 aliphatic heterocycles. The number of ether oxygens (including phenoxy) is 2. The summed E-state index contributed by atoms with van der Waals surface area (Å²) in [6.45, 7) is 9.48. The summed E-state index contributed by atoms with van der Waals surface area (Å²) >= 11 is 6.36. The van der Waals surface area contributed by atoms with Crippen molar-refractivity contribution in [3.8, 4) is 28.6 Å². The van der Waals surface area contributed by atoms with Crippen LogP contribution >= 0.6 is 11.6 Å². The molecule has 0 radical (unpaired) electrons. The first-order valence-corrected chi connectivity index (χ1v) is 11.6. The lowest BCUT2D eigenvalue weighted by Crippen LogP contribution is -2.23. The Bertz CT molecular complexity index is 1320. The molecule has 0 saturated carbocycles. The summed E-state index contributed by atoms with van der Waals surface area (Å²) in [5, 5.41) is 5.67. The lowest BCUT2D eigenvalue weighted by atomic mass is 10.1. The van der Waals surface area contributed by atoms with E-state index in [9.17, 15) is 4.79 Å². The molecule has 0 atom stereocenters. The Morgan fingerprint density at radius 3 is 2.71 bits per heavy atom. The summed E-state index contributed by atoms with van der Waals surface area (Å²) in [6, 6.07) is 11.3. The number of nitrogens with one attached hydrogen (secondary N) is 1. The molecule has 0 aliphatic rings.